The van der Waals surface area contributed by atoms with E-state index >= 15 is 0 Å². The molecular formula is C15H29NO2. The third-order valence-electron chi connectivity index (χ3n) is 4.03. The summed E-state index contributed by atoms with van der Waals surface area (Å²) in [6.07, 6.45) is 12.5. The minimum atomic E-state index is -0.630. The zero-order chi connectivity index (χ0) is 13.2. The SMILES string of the molecule is CCCCCCCCCCNC1CCC1C(=O)O. The zero-order valence-electron chi connectivity index (χ0n) is 11.8. The summed E-state index contributed by atoms with van der Waals surface area (Å²) in [6.45, 7) is 3.24. The minimum Gasteiger partial charge on any atom is -0.481 e. The summed E-state index contributed by atoms with van der Waals surface area (Å²) in [5, 5.41) is 12.3. The van der Waals surface area contributed by atoms with Gasteiger partial charge < -0.3 is 10.4 Å². The molecule has 0 heterocycles. The smallest absolute Gasteiger partial charge is 0.308 e. The van der Waals surface area contributed by atoms with E-state index in [2.05, 4.69) is 12.2 Å². The predicted molar refractivity (Wildman–Crippen MR) is 74.8 cm³/mol. The third-order valence-corrected chi connectivity index (χ3v) is 4.03. The Balaban J connectivity index is 1.83. The van der Waals surface area contributed by atoms with Crippen molar-refractivity contribution in [3.8, 4) is 0 Å². The Bertz CT molecular complexity index is 231. The van der Waals surface area contributed by atoms with Gasteiger partial charge in [0.25, 0.3) is 0 Å². The van der Waals surface area contributed by atoms with Gasteiger partial charge in [-0.25, -0.2) is 0 Å². The molecule has 2 N–H and O–H groups in total. The van der Waals surface area contributed by atoms with E-state index in [1.54, 1.807) is 0 Å². The number of hydrogen-bond acceptors (Lipinski definition) is 2. The molecule has 0 aliphatic heterocycles. The Kier molecular flexibility index (Phi) is 8.06. The lowest BCUT2D eigenvalue weighted by molar-refractivity contribution is -0.146. The zero-order valence-corrected chi connectivity index (χ0v) is 11.8. The van der Waals surface area contributed by atoms with Crippen LogP contribution in [0.1, 0.15) is 71.1 Å². The number of unbranched alkanes of at least 4 members (excludes halogenated alkanes) is 7. The normalized spacial score (nSPS) is 22.7. The van der Waals surface area contributed by atoms with Crippen LogP contribution in [0.4, 0.5) is 0 Å². The Morgan fingerprint density at radius 3 is 2.17 bits per heavy atom. The summed E-state index contributed by atoms with van der Waals surface area (Å²) in [5.41, 5.74) is 0. The van der Waals surface area contributed by atoms with Crippen molar-refractivity contribution in [2.75, 3.05) is 6.54 Å². The average molecular weight is 255 g/mol. The lowest BCUT2D eigenvalue weighted by atomic mass is 9.79. The van der Waals surface area contributed by atoms with Crippen LogP contribution in [0, 0.1) is 5.92 Å². The van der Waals surface area contributed by atoms with Gasteiger partial charge in [0.1, 0.15) is 0 Å². The minimum absolute atomic E-state index is 0.126. The molecule has 0 radical (unpaired) electrons. The first-order valence-corrected chi connectivity index (χ1v) is 7.72. The van der Waals surface area contributed by atoms with E-state index in [-0.39, 0.29) is 12.0 Å². The fourth-order valence-corrected chi connectivity index (χ4v) is 2.59. The van der Waals surface area contributed by atoms with Crippen LogP contribution >= 0.6 is 0 Å². The molecule has 0 aromatic heterocycles. The molecule has 0 aromatic rings. The molecule has 3 nitrogen and oxygen atoms in total. The Morgan fingerprint density at radius 2 is 1.67 bits per heavy atom. The van der Waals surface area contributed by atoms with E-state index in [4.69, 9.17) is 5.11 Å². The van der Waals surface area contributed by atoms with E-state index in [0.717, 1.165) is 19.4 Å². The second kappa shape index (κ2) is 9.37. The highest BCUT2D eigenvalue weighted by Gasteiger charge is 2.35. The Hall–Kier alpha value is -0.570. The monoisotopic (exact) mass is 255 g/mol. The first-order valence-electron chi connectivity index (χ1n) is 7.72. The van der Waals surface area contributed by atoms with Crippen molar-refractivity contribution in [3.05, 3.63) is 0 Å². The number of carboxylic acid groups (broad SMARTS) is 1. The van der Waals surface area contributed by atoms with Crippen LogP contribution in [0.25, 0.3) is 0 Å². The van der Waals surface area contributed by atoms with Gasteiger partial charge >= 0.3 is 5.97 Å². The predicted octanol–water partition coefficient (Wildman–Crippen LogP) is 3.58. The lowest BCUT2D eigenvalue weighted by Gasteiger charge is -2.34. The van der Waals surface area contributed by atoms with Gasteiger partial charge in [-0.1, -0.05) is 51.9 Å². The lowest BCUT2D eigenvalue weighted by Crippen LogP contribution is -2.47. The molecule has 1 fully saturated rings. The summed E-state index contributed by atoms with van der Waals surface area (Å²) in [6, 6.07) is 0.243. The Morgan fingerprint density at radius 1 is 1.06 bits per heavy atom. The highest BCUT2D eigenvalue weighted by molar-refractivity contribution is 5.72. The summed E-state index contributed by atoms with van der Waals surface area (Å²) in [5.74, 6) is -0.756. The topological polar surface area (TPSA) is 49.3 Å². The molecule has 0 spiro atoms. The van der Waals surface area contributed by atoms with Gasteiger partial charge in [0.2, 0.25) is 0 Å². The van der Waals surface area contributed by atoms with Crippen LogP contribution < -0.4 is 5.32 Å². The van der Waals surface area contributed by atoms with Gasteiger partial charge in [-0.05, 0) is 25.8 Å². The number of rotatable bonds is 11. The molecule has 2 atom stereocenters. The number of nitrogens with one attached hydrogen (secondary N) is 1. The molecule has 0 bridgehead atoms. The maximum Gasteiger partial charge on any atom is 0.308 e. The van der Waals surface area contributed by atoms with Crippen molar-refractivity contribution in [1.82, 2.24) is 5.32 Å². The molecule has 0 amide bonds. The molecule has 1 aliphatic rings. The molecule has 1 saturated carbocycles. The van der Waals surface area contributed by atoms with Gasteiger partial charge in [-0.15, -0.1) is 0 Å². The highest BCUT2D eigenvalue weighted by Crippen LogP contribution is 2.27. The fraction of sp³-hybridized carbons (Fsp3) is 0.933. The second-order valence-corrected chi connectivity index (χ2v) is 5.56. The van der Waals surface area contributed by atoms with E-state index in [1.807, 2.05) is 0 Å². The molecule has 0 saturated heterocycles. The quantitative estimate of drug-likeness (QED) is 0.555. The van der Waals surface area contributed by atoms with Gasteiger partial charge in [0.15, 0.2) is 0 Å². The van der Waals surface area contributed by atoms with Crippen LogP contribution in [0.3, 0.4) is 0 Å². The van der Waals surface area contributed by atoms with Crippen LogP contribution in [-0.2, 0) is 4.79 Å². The fourth-order valence-electron chi connectivity index (χ4n) is 2.59. The molecule has 3 heteroatoms. The average Bonchev–Trinajstić information content (AvgIpc) is 2.29. The summed E-state index contributed by atoms with van der Waals surface area (Å²) < 4.78 is 0. The van der Waals surface area contributed by atoms with Crippen LogP contribution in [0.5, 0.6) is 0 Å². The third kappa shape index (κ3) is 5.85. The number of carboxylic acids is 1. The van der Waals surface area contributed by atoms with Gasteiger partial charge in [-0.2, -0.15) is 0 Å². The van der Waals surface area contributed by atoms with Crippen molar-refractivity contribution in [1.29, 1.82) is 0 Å². The van der Waals surface area contributed by atoms with Gasteiger partial charge in [0, 0.05) is 6.04 Å². The molecule has 0 aromatic carbocycles. The highest BCUT2D eigenvalue weighted by atomic mass is 16.4. The van der Waals surface area contributed by atoms with Crippen LogP contribution in [0.2, 0.25) is 0 Å². The van der Waals surface area contributed by atoms with Gasteiger partial charge in [0.05, 0.1) is 5.92 Å². The Labute approximate surface area is 111 Å². The maximum absolute atomic E-state index is 10.8. The van der Waals surface area contributed by atoms with E-state index in [9.17, 15) is 4.79 Å². The largest absolute Gasteiger partial charge is 0.481 e. The summed E-state index contributed by atoms with van der Waals surface area (Å²) >= 11 is 0. The molecule has 18 heavy (non-hydrogen) atoms. The molecular weight excluding hydrogens is 226 g/mol. The van der Waals surface area contributed by atoms with Crippen LogP contribution in [-0.4, -0.2) is 23.7 Å². The van der Waals surface area contributed by atoms with Crippen molar-refractivity contribution >= 4 is 5.97 Å². The molecule has 1 rings (SSSR count). The van der Waals surface area contributed by atoms with Crippen molar-refractivity contribution in [2.45, 2.75) is 77.2 Å². The van der Waals surface area contributed by atoms with E-state index < -0.39 is 5.97 Å². The van der Waals surface area contributed by atoms with Crippen molar-refractivity contribution in [3.63, 3.8) is 0 Å². The van der Waals surface area contributed by atoms with E-state index in [0.29, 0.717) is 0 Å². The maximum atomic E-state index is 10.8. The first-order chi connectivity index (χ1) is 8.75. The first kappa shape index (κ1) is 15.5. The van der Waals surface area contributed by atoms with Crippen molar-refractivity contribution in [2.24, 2.45) is 5.92 Å². The number of hydrogen-bond donors (Lipinski definition) is 2. The standard InChI is InChI=1S/C15H29NO2/c1-2-3-4-5-6-7-8-9-12-16-14-11-10-13(14)15(17)18/h13-14,16H,2-12H2,1H3,(H,17,18). The molecule has 106 valence electrons. The summed E-state index contributed by atoms with van der Waals surface area (Å²) in [4.78, 5) is 10.8. The number of carbonyl (C=O) groups is 1. The number of aliphatic carboxylic acids is 1. The summed E-state index contributed by atoms with van der Waals surface area (Å²) in [7, 11) is 0. The second-order valence-electron chi connectivity index (χ2n) is 5.56. The molecule has 1 aliphatic carbocycles. The molecule has 2 unspecified atom stereocenters. The van der Waals surface area contributed by atoms with Crippen LogP contribution in [0.15, 0.2) is 0 Å². The van der Waals surface area contributed by atoms with Crippen molar-refractivity contribution < 1.29 is 9.90 Å². The van der Waals surface area contributed by atoms with E-state index in [1.165, 1.54) is 51.4 Å². The van der Waals surface area contributed by atoms with Gasteiger partial charge in [-0.3, -0.25) is 4.79 Å².